The van der Waals surface area contributed by atoms with Gasteiger partial charge in [0.25, 0.3) is 5.91 Å². The molecular formula is C26H30FN5O4. The van der Waals surface area contributed by atoms with Gasteiger partial charge in [-0.2, -0.15) is 0 Å². The normalized spacial score (nSPS) is 25.8. The highest BCUT2D eigenvalue weighted by Crippen LogP contribution is 2.42. The van der Waals surface area contributed by atoms with E-state index >= 15 is 0 Å². The molecule has 0 radical (unpaired) electrons. The lowest BCUT2D eigenvalue weighted by Gasteiger charge is -2.39. The van der Waals surface area contributed by atoms with Crippen molar-refractivity contribution in [1.82, 2.24) is 14.9 Å². The maximum absolute atomic E-state index is 13.7. The van der Waals surface area contributed by atoms with Gasteiger partial charge in [-0.3, -0.25) is 14.4 Å². The molecule has 3 aliphatic rings. The van der Waals surface area contributed by atoms with E-state index in [2.05, 4.69) is 9.97 Å². The number of ether oxygens (including phenoxy) is 1. The van der Waals surface area contributed by atoms with Gasteiger partial charge in [0.2, 0.25) is 11.9 Å². The van der Waals surface area contributed by atoms with Crippen molar-refractivity contribution in [1.29, 1.82) is 0 Å². The first kappa shape index (κ1) is 24.1. The number of halogens is 1. The van der Waals surface area contributed by atoms with Gasteiger partial charge in [0.15, 0.2) is 11.9 Å². The van der Waals surface area contributed by atoms with Crippen molar-refractivity contribution in [2.75, 3.05) is 43.5 Å². The number of amides is 2. The van der Waals surface area contributed by atoms with Crippen LogP contribution in [-0.2, 0) is 9.59 Å². The average molecular weight is 496 g/mol. The number of hydrogen-bond donors (Lipinski definition) is 0. The fourth-order valence-electron chi connectivity index (χ4n) is 5.05. The summed E-state index contributed by atoms with van der Waals surface area (Å²) in [6.45, 7) is 3.16. The number of carbonyl (C=O) groups excluding carboxylic acids is 3. The van der Waals surface area contributed by atoms with Crippen LogP contribution in [0.15, 0.2) is 36.7 Å². The molecule has 3 fully saturated rings. The highest BCUT2D eigenvalue weighted by molar-refractivity contribution is 5.99. The summed E-state index contributed by atoms with van der Waals surface area (Å²) in [5, 5.41) is 0. The van der Waals surface area contributed by atoms with Gasteiger partial charge in [0.1, 0.15) is 11.4 Å². The van der Waals surface area contributed by atoms with Crippen LogP contribution in [0.4, 0.5) is 16.0 Å². The van der Waals surface area contributed by atoms with E-state index in [0.717, 1.165) is 0 Å². The molecule has 1 saturated carbocycles. The quantitative estimate of drug-likeness (QED) is 0.545. The van der Waals surface area contributed by atoms with Gasteiger partial charge in [-0.1, -0.05) is 0 Å². The van der Waals surface area contributed by atoms with Crippen molar-refractivity contribution in [2.24, 2.45) is 11.8 Å². The largest absolute Gasteiger partial charge is 0.481 e. The Balaban J connectivity index is 1.14. The molecule has 9 nitrogen and oxygen atoms in total. The van der Waals surface area contributed by atoms with Gasteiger partial charge in [0.05, 0.1) is 24.0 Å². The van der Waals surface area contributed by atoms with Gasteiger partial charge < -0.3 is 19.4 Å². The second-order valence-electron chi connectivity index (χ2n) is 10.4. The molecule has 5 rings (SSSR count). The molecule has 1 atom stereocenters. The summed E-state index contributed by atoms with van der Waals surface area (Å²) in [6.07, 6.45) is 3.63. The van der Waals surface area contributed by atoms with Crippen LogP contribution in [0.1, 0.15) is 36.5 Å². The van der Waals surface area contributed by atoms with Gasteiger partial charge in [0, 0.05) is 51.6 Å². The lowest BCUT2D eigenvalue weighted by atomic mass is 9.70. The second-order valence-corrected chi connectivity index (χ2v) is 10.4. The van der Waals surface area contributed by atoms with Gasteiger partial charge in [-0.05, 0) is 44.0 Å². The smallest absolute Gasteiger partial charge is 0.268 e. The van der Waals surface area contributed by atoms with Crippen LogP contribution in [0, 0.1) is 11.8 Å². The molecule has 0 N–H and O–H groups in total. The van der Waals surface area contributed by atoms with E-state index in [1.165, 1.54) is 6.92 Å². The summed E-state index contributed by atoms with van der Waals surface area (Å²) in [5.74, 6) is 0.590. The molecule has 2 saturated heterocycles. The zero-order valence-electron chi connectivity index (χ0n) is 20.7. The van der Waals surface area contributed by atoms with Crippen LogP contribution in [0.25, 0.3) is 0 Å². The number of rotatable bonds is 7. The predicted octanol–water partition coefficient (Wildman–Crippen LogP) is 2.51. The van der Waals surface area contributed by atoms with E-state index in [-0.39, 0.29) is 42.3 Å². The van der Waals surface area contributed by atoms with Crippen molar-refractivity contribution < 1.29 is 23.5 Å². The first-order valence-electron chi connectivity index (χ1n) is 12.2. The number of nitrogens with zero attached hydrogens (tertiary/aromatic N) is 5. The fourth-order valence-corrected chi connectivity index (χ4v) is 5.05. The number of Topliss-reactive ketones (excluding diaryl/α,β-unsaturated/α-hetero) is 1. The van der Waals surface area contributed by atoms with Crippen molar-refractivity contribution in [3.8, 4) is 5.75 Å². The molecule has 2 amide bonds. The van der Waals surface area contributed by atoms with Crippen molar-refractivity contribution >= 4 is 29.2 Å². The molecule has 190 valence electrons. The highest BCUT2D eigenvalue weighted by atomic mass is 19.1. The van der Waals surface area contributed by atoms with Gasteiger partial charge in [-0.25, -0.2) is 14.4 Å². The topological polar surface area (TPSA) is 95.9 Å². The summed E-state index contributed by atoms with van der Waals surface area (Å²) < 4.78 is 19.6. The monoisotopic (exact) mass is 495 g/mol. The van der Waals surface area contributed by atoms with E-state index < -0.39 is 11.8 Å². The lowest BCUT2D eigenvalue weighted by molar-refractivity contribution is -0.133. The number of anilines is 2. The molecule has 3 heterocycles. The molecule has 0 bridgehead atoms. The SMILES string of the molecule is CN(C)C(=O)C1CN(c2ncc(N3CC[C@@H](Oc4ccc(C(=O)C5CC(C)(F)C5)cc4)C3=O)cn2)C1. The van der Waals surface area contributed by atoms with E-state index in [4.69, 9.17) is 4.74 Å². The summed E-state index contributed by atoms with van der Waals surface area (Å²) >= 11 is 0. The van der Waals surface area contributed by atoms with Crippen molar-refractivity contribution in [3.63, 3.8) is 0 Å². The van der Waals surface area contributed by atoms with E-state index in [0.29, 0.717) is 49.0 Å². The minimum Gasteiger partial charge on any atom is -0.481 e. The summed E-state index contributed by atoms with van der Waals surface area (Å²) in [4.78, 5) is 51.4. The molecule has 36 heavy (non-hydrogen) atoms. The molecule has 2 aromatic rings. The number of benzene rings is 1. The molecule has 2 aliphatic heterocycles. The maximum Gasteiger partial charge on any atom is 0.268 e. The third-order valence-electron chi connectivity index (χ3n) is 7.18. The minimum atomic E-state index is -1.24. The van der Waals surface area contributed by atoms with Crippen molar-refractivity contribution in [3.05, 3.63) is 42.2 Å². The number of aromatic nitrogens is 2. The summed E-state index contributed by atoms with van der Waals surface area (Å²) in [7, 11) is 3.49. The average Bonchev–Trinajstić information content (AvgIpc) is 3.16. The molecule has 0 unspecified atom stereocenters. The third kappa shape index (κ3) is 4.64. The molecule has 1 aliphatic carbocycles. The summed E-state index contributed by atoms with van der Waals surface area (Å²) in [5.41, 5.74) is -0.120. The van der Waals surface area contributed by atoms with Crippen LogP contribution >= 0.6 is 0 Å². The Hall–Kier alpha value is -3.56. The van der Waals surface area contributed by atoms with Crippen LogP contribution in [-0.4, -0.2) is 78.0 Å². The zero-order valence-corrected chi connectivity index (χ0v) is 20.7. The van der Waals surface area contributed by atoms with Crippen LogP contribution < -0.4 is 14.5 Å². The zero-order chi connectivity index (χ0) is 25.6. The summed E-state index contributed by atoms with van der Waals surface area (Å²) in [6, 6.07) is 6.69. The molecule has 1 aromatic carbocycles. The number of hydrogen-bond acceptors (Lipinski definition) is 7. The molecule has 10 heteroatoms. The van der Waals surface area contributed by atoms with E-state index in [9.17, 15) is 18.8 Å². The first-order chi connectivity index (χ1) is 17.1. The standard InChI is InChI=1S/C26H30FN5O4/c1-26(27)10-17(11-26)22(33)16-4-6-20(7-5-16)36-21-8-9-32(24(21)35)19-12-28-25(29-13-19)31-14-18(15-31)23(34)30(2)3/h4-7,12-13,17-18,21H,8-11,14-15H2,1-3H3/t17?,21-,26?/m1/s1. The predicted molar refractivity (Wildman–Crippen MR) is 131 cm³/mol. The third-order valence-corrected chi connectivity index (χ3v) is 7.18. The van der Waals surface area contributed by atoms with Crippen LogP contribution in [0.5, 0.6) is 5.75 Å². The molecule has 1 aromatic heterocycles. The first-order valence-corrected chi connectivity index (χ1v) is 12.2. The Morgan fingerprint density at radius 1 is 1.08 bits per heavy atom. The molecule has 0 spiro atoms. The Bertz CT molecular complexity index is 1150. The Morgan fingerprint density at radius 3 is 2.31 bits per heavy atom. The van der Waals surface area contributed by atoms with E-state index in [1.54, 1.807) is 60.6 Å². The molecular weight excluding hydrogens is 465 g/mol. The van der Waals surface area contributed by atoms with Crippen LogP contribution in [0.3, 0.4) is 0 Å². The number of carbonyl (C=O) groups is 3. The van der Waals surface area contributed by atoms with Crippen molar-refractivity contribution in [2.45, 2.75) is 38.0 Å². The van der Waals surface area contributed by atoms with Gasteiger partial charge in [-0.15, -0.1) is 0 Å². The Kier molecular flexibility index (Phi) is 6.13. The number of ketones is 1. The number of alkyl halides is 1. The fraction of sp³-hybridized carbons (Fsp3) is 0.500. The Labute approximate surface area is 209 Å². The van der Waals surface area contributed by atoms with Gasteiger partial charge >= 0.3 is 0 Å². The minimum absolute atomic E-state index is 0.0438. The highest BCUT2D eigenvalue weighted by Gasteiger charge is 2.44. The Morgan fingerprint density at radius 2 is 1.72 bits per heavy atom. The van der Waals surface area contributed by atoms with Crippen LogP contribution in [0.2, 0.25) is 0 Å². The lowest BCUT2D eigenvalue weighted by Crippen LogP contribution is -2.54. The maximum atomic E-state index is 13.7. The second kappa shape index (κ2) is 9.15. The van der Waals surface area contributed by atoms with E-state index in [1.807, 2.05) is 4.90 Å².